The number of hydrogen-bond acceptors (Lipinski definition) is 1. The fraction of sp³-hybridized carbons (Fsp3) is 0.909. The van der Waals surface area contributed by atoms with E-state index in [2.05, 4.69) is 6.92 Å². The van der Waals surface area contributed by atoms with Crippen LogP contribution in [0.4, 0.5) is 0 Å². The Kier molecular flexibility index (Phi) is 3.01. The Bertz CT molecular complexity index is 227. The maximum atomic E-state index is 11.8. The minimum atomic E-state index is 0.264. The van der Waals surface area contributed by atoms with E-state index < -0.39 is 0 Å². The Hall–Kier alpha value is -0.240. The molecule has 14 heavy (non-hydrogen) atoms. The van der Waals surface area contributed by atoms with Crippen molar-refractivity contribution in [2.45, 2.75) is 38.0 Å². The number of halogens is 1. The predicted molar refractivity (Wildman–Crippen MR) is 57.3 cm³/mol. The molecule has 1 saturated heterocycles. The average molecular weight is 216 g/mol. The number of alkyl halides is 1. The van der Waals surface area contributed by atoms with E-state index in [4.69, 9.17) is 11.6 Å². The number of likely N-dealkylation sites (tertiary alicyclic amines) is 1. The molecule has 2 atom stereocenters. The van der Waals surface area contributed by atoms with Gasteiger partial charge in [-0.2, -0.15) is 0 Å². The molecule has 0 N–H and O–H groups in total. The molecule has 1 heterocycles. The molecule has 0 aromatic rings. The van der Waals surface area contributed by atoms with Crippen LogP contribution in [-0.2, 0) is 4.79 Å². The molecule has 2 fully saturated rings. The average Bonchev–Trinajstić information content (AvgIpc) is 2.93. The van der Waals surface area contributed by atoms with Crippen molar-refractivity contribution in [1.29, 1.82) is 0 Å². The Morgan fingerprint density at radius 1 is 1.43 bits per heavy atom. The summed E-state index contributed by atoms with van der Waals surface area (Å²) in [7, 11) is 0. The first-order valence-electron chi connectivity index (χ1n) is 5.58. The maximum Gasteiger partial charge on any atom is 0.222 e. The Labute approximate surface area is 90.6 Å². The summed E-state index contributed by atoms with van der Waals surface area (Å²) in [5.74, 6) is 1.50. The second-order valence-corrected chi connectivity index (χ2v) is 5.33. The van der Waals surface area contributed by atoms with E-state index in [0.717, 1.165) is 25.9 Å². The molecule has 0 aromatic carbocycles. The lowest BCUT2D eigenvalue weighted by Gasteiger charge is -2.34. The van der Waals surface area contributed by atoms with Crippen LogP contribution in [0.25, 0.3) is 0 Å². The molecule has 0 spiro atoms. The van der Waals surface area contributed by atoms with Crippen LogP contribution < -0.4 is 0 Å². The van der Waals surface area contributed by atoms with Crippen LogP contribution in [0, 0.1) is 11.8 Å². The van der Waals surface area contributed by atoms with Crippen molar-refractivity contribution in [3.8, 4) is 0 Å². The van der Waals surface area contributed by atoms with Crippen LogP contribution >= 0.6 is 11.6 Å². The van der Waals surface area contributed by atoms with Gasteiger partial charge in [0.25, 0.3) is 0 Å². The van der Waals surface area contributed by atoms with Gasteiger partial charge in [-0.3, -0.25) is 4.79 Å². The smallest absolute Gasteiger partial charge is 0.222 e. The molecule has 0 radical (unpaired) electrons. The van der Waals surface area contributed by atoms with Crippen molar-refractivity contribution >= 4 is 17.5 Å². The van der Waals surface area contributed by atoms with Gasteiger partial charge < -0.3 is 4.90 Å². The van der Waals surface area contributed by atoms with Gasteiger partial charge in [0, 0.05) is 24.9 Å². The zero-order valence-corrected chi connectivity index (χ0v) is 9.46. The zero-order chi connectivity index (χ0) is 10.1. The van der Waals surface area contributed by atoms with Crippen LogP contribution in [0.2, 0.25) is 0 Å². The molecule has 3 heteroatoms. The standard InChI is InChI=1S/C11H18ClNO/c1-8-7-13(5-4-10(8)12)11(14)6-9-2-3-9/h8-10H,2-7H2,1H3. The molecule has 80 valence electrons. The molecule has 2 unspecified atom stereocenters. The number of amides is 1. The van der Waals surface area contributed by atoms with Crippen LogP contribution in [0.3, 0.4) is 0 Å². The van der Waals surface area contributed by atoms with Crippen molar-refractivity contribution < 1.29 is 4.79 Å². The summed E-state index contributed by atoms with van der Waals surface area (Å²) in [4.78, 5) is 13.8. The lowest BCUT2D eigenvalue weighted by Crippen LogP contribution is -2.43. The van der Waals surface area contributed by atoms with E-state index in [0.29, 0.717) is 17.7 Å². The summed E-state index contributed by atoms with van der Waals surface area (Å²) >= 11 is 6.12. The lowest BCUT2D eigenvalue weighted by atomic mass is 9.99. The largest absolute Gasteiger partial charge is 0.342 e. The van der Waals surface area contributed by atoms with Gasteiger partial charge in [-0.05, 0) is 31.1 Å². The fourth-order valence-corrected chi connectivity index (χ4v) is 2.22. The third kappa shape index (κ3) is 2.41. The number of carbonyl (C=O) groups is 1. The van der Waals surface area contributed by atoms with Gasteiger partial charge in [0.05, 0.1) is 0 Å². The lowest BCUT2D eigenvalue weighted by molar-refractivity contribution is -0.133. The van der Waals surface area contributed by atoms with Crippen LogP contribution in [0.5, 0.6) is 0 Å². The van der Waals surface area contributed by atoms with E-state index in [1.165, 1.54) is 12.8 Å². The fourth-order valence-electron chi connectivity index (χ4n) is 2.04. The first kappa shape index (κ1) is 10.3. The van der Waals surface area contributed by atoms with Crippen LogP contribution in [0.15, 0.2) is 0 Å². The van der Waals surface area contributed by atoms with E-state index in [9.17, 15) is 4.79 Å². The summed E-state index contributed by atoms with van der Waals surface area (Å²) in [6.45, 7) is 3.86. The topological polar surface area (TPSA) is 20.3 Å². The zero-order valence-electron chi connectivity index (χ0n) is 8.71. The van der Waals surface area contributed by atoms with Crippen molar-refractivity contribution in [3.05, 3.63) is 0 Å². The summed E-state index contributed by atoms with van der Waals surface area (Å²) in [5, 5.41) is 0.264. The molecule has 1 saturated carbocycles. The van der Waals surface area contributed by atoms with Gasteiger partial charge in [-0.1, -0.05) is 6.92 Å². The predicted octanol–water partition coefficient (Wildman–Crippen LogP) is 2.26. The highest BCUT2D eigenvalue weighted by atomic mass is 35.5. The maximum absolute atomic E-state index is 11.8. The van der Waals surface area contributed by atoms with E-state index >= 15 is 0 Å². The van der Waals surface area contributed by atoms with Gasteiger partial charge >= 0.3 is 0 Å². The van der Waals surface area contributed by atoms with Crippen LogP contribution in [-0.4, -0.2) is 29.3 Å². The van der Waals surface area contributed by atoms with Gasteiger partial charge in [0.1, 0.15) is 0 Å². The van der Waals surface area contributed by atoms with E-state index in [1.807, 2.05) is 4.90 Å². The molecule has 1 aliphatic carbocycles. The quantitative estimate of drug-likeness (QED) is 0.648. The van der Waals surface area contributed by atoms with Crippen molar-refractivity contribution in [2.24, 2.45) is 11.8 Å². The van der Waals surface area contributed by atoms with Crippen LogP contribution in [0.1, 0.15) is 32.6 Å². The van der Waals surface area contributed by atoms with Crippen molar-refractivity contribution in [3.63, 3.8) is 0 Å². The van der Waals surface area contributed by atoms with Gasteiger partial charge in [-0.15, -0.1) is 11.6 Å². The first-order chi connectivity index (χ1) is 6.66. The highest BCUT2D eigenvalue weighted by Crippen LogP contribution is 2.33. The van der Waals surface area contributed by atoms with Gasteiger partial charge in [0.2, 0.25) is 5.91 Å². The summed E-state index contributed by atoms with van der Waals surface area (Å²) in [6, 6.07) is 0. The Morgan fingerprint density at radius 2 is 2.14 bits per heavy atom. The number of nitrogens with zero attached hydrogens (tertiary/aromatic N) is 1. The second kappa shape index (κ2) is 4.09. The minimum Gasteiger partial charge on any atom is -0.342 e. The normalized spacial score (nSPS) is 33.1. The molecular formula is C11H18ClNO. The third-order valence-corrected chi connectivity index (χ3v) is 3.96. The highest BCUT2D eigenvalue weighted by molar-refractivity contribution is 6.20. The molecule has 0 bridgehead atoms. The molecule has 2 nitrogen and oxygen atoms in total. The van der Waals surface area contributed by atoms with Gasteiger partial charge in [0.15, 0.2) is 0 Å². The molecule has 1 aliphatic heterocycles. The first-order valence-corrected chi connectivity index (χ1v) is 6.02. The molecule has 2 rings (SSSR count). The summed E-state index contributed by atoms with van der Waals surface area (Å²) in [6.07, 6.45) is 4.25. The molecule has 0 aromatic heterocycles. The minimum absolute atomic E-state index is 0.264. The number of rotatable bonds is 2. The monoisotopic (exact) mass is 215 g/mol. The number of hydrogen-bond donors (Lipinski definition) is 0. The Balaban J connectivity index is 1.82. The third-order valence-electron chi connectivity index (χ3n) is 3.31. The van der Waals surface area contributed by atoms with E-state index in [-0.39, 0.29) is 5.38 Å². The van der Waals surface area contributed by atoms with Crippen molar-refractivity contribution in [1.82, 2.24) is 4.90 Å². The number of piperidine rings is 1. The molecule has 1 amide bonds. The van der Waals surface area contributed by atoms with E-state index in [1.54, 1.807) is 0 Å². The van der Waals surface area contributed by atoms with Crippen molar-refractivity contribution in [2.75, 3.05) is 13.1 Å². The Morgan fingerprint density at radius 3 is 2.71 bits per heavy atom. The molecular weight excluding hydrogens is 198 g/mol. The SMILES string of the molecule is CC1CN(C(=O)CC2CC2)CCC1Cl. The second-order valence-electron chi connectivity index (χ2n) is 4.77. The molecule has 2 aliphatic rings. The van der Waals surface area contributed by atoms with Gasteiger partial charge in [-0.25, -0.2) is 0 Å². The summed E-state index contributed by atoms with van der Waals surface area (Å²) < 4.78 is 0. The summed E-state index contributed by atoms with van der Waals surface area (Å²) in [5.41, 5.74) is 0. The number of carbonyl (C=O) groups excluding carboxylic acids is 1. The highest BCUT2D eigenvalue weighted by Gasteiger charge is 2.31.